The number of nitrogens with one attached hydrogen (secondary N) is 2. The molecule has 0 unspecified atom stereocenters. The SMILES string of the molecule is Cc1c(F)cc(C(=O)NC2CC2)cc1-c1ccc2c(=O)n(CC3CC3)cc(CN3CCNC[C@@H]3C)c2c1. The highest BCUT2D eigenvalue weighted by Crippen LogP contribution is 2.33. The van der Waals surface area contributed by atoms with Crippen LogP contribution in [0.5, 0.6) is 0 Å². The van der Waals surface area contributed by atoms with Crippen LogP contribution < -0.4 is 16.2 Å². The Morgan fingerprint density at radius 1 is 1.14 bits per heavy atom. The number of carbonyl (C=O) groups is 1. The second-order valence-corrected chi connectivity index (χ2v) is 11.2. The van der Waals surface area contributed by atoms with Gasteiger partial charge in [-0.25, -0.2) is 4.39 Å². The third-order valence-electron chi connectivity index (χ3n) is 8.16. The highest BCUT2D eigenvalue weighted by Gasteiger charge is 2.26. The van der Waals surface area contributed by atoms with Crippen molar-refractivity contribution in [2.45, 2.75) is 64.7 Å². The summed E-state index contributed by atoms with van der Waals surface area (Å²) in [4.78, 5) is 28.6. The van der Waals surface area contributed by atoms with Crippen LogP contribution in [0.1, 0.15) is 54.1 Å². The Labute approximate surface area is 216 Å². The fourth-order valence-electron chi connectivity index (χ4n) is 5.42. The van der Waals surface area contributed by atoms with E-state index in [0.717, 1.165) is 62.1 Å². The van der Waals surface area contributed by atoms with Crippen molar-refractivity contribution in [1.29, 1.82) is 0 Å². The van der Waals surface area contributed by atoms with Crippen molar-refractivity contribution in [2.24, 2.45) is 5.92 Å². The standard InChI is InChI=1S/C30H35FN4O2/c1-18-14-32-9-10-34(18)16-23-17-35(15-20-3-4-20)30(37)25-8-5-21(11-27(23)25)26-12-22(13-28(31)19(26)2)29(36)33-24-6-7-24/h5,8,11-13,17-18,20,24,32H,3-4,6-7,9-10,14-16H2,1-2H3,(H,33,36)/t18-/m0/s1. The van der Waals surface area contributed by atoms with E-state index in [0.29, 0.717) is 34.0 Å². The molecule has 2 aliphatic carbocycles. The molecule has 6 rings (SSSR count). The first-order chi connectivity index (χ1) is 17.9. The summed E-state index contributed by atoms with van der Waals surface area (Å²) in [6.07, 6.45) is 6.37. The Morgan fingerprint density at radius 2 is 1.95 bits per heavy atom. The summed E-state index contributed by atoms with van der Waals surface area (Å²) in [5.41, 5.74) is 3.49. The van der Waals surface area contributed by atoms with Crippen LogP contribution in [0.4, 0.5) is 4.39 Å². The number of amides is 1. The molecule has 1 saturated heterocycles. The summed E-state index contributed by atoms with van der Waals surface area (Å²) in [6, 6.07) is 9.50. The number of hydrogen-bond donors (Lipinski definition) is 2. The number of rotatable bonds is 7. The van der Waals surface area contributed by atoms with Crippen molar-refractivity contribution in [3.8, 4) is 11.1 Å². The third-order valence-corrected chi connectivity index (χ3v) is 8.16. The predicted octanol–water partition coefficient (Wildman–Crippen LogP) is 4.21. The van der Waals surface area contributed by atoms with Crippen LogP contribution in [0.25, 0.3) is 21.9 Å². The number of carbonyl (C=O) groups excluding carboxylic acids is 1. The fourth-order valence-corrected chi connectivity index (χ4v) is 5.42. The molecule has 3 fully saturated rings. The van der Waals surface area contributed by atoms with Crippen LogP contribution in [-0.4, -0.2) is 47.1 Å². The molecule has 1 amide bonds. The van der Waals surface area contributed by atoms with Crippen molar-refractivity contribution < 1.29 is 9.18 Å². The van der Waals surface area contributed by atoms with Crippen LogP contribution >= 0.6 is 0 Å². The van der Waals surface area contributed by atoms with Gasteiger partial charge in [0.25, 0.3) is 11.5 Å². The monoisotopic (exact) mass is 502 g/mol. The molecule has 2 N–H and O–H groups in total. The zero-order valence-electron chi connectivity index (χ0n) is 21.6. The highest BCUT2D eigenvalue weighted by atomic mass is 19.1. The lowest BCUT2D eigenvalue weighted by molar-refractivity contribution is 0.0950. The lowest BCUT2D eigenvalue weighted by atomic mass is 9.94. The fraction of sp³-hybridized carbons (Fsp3) is 0.467. The molecule has 7 heteroatoms. The number of halogens is 1. The number of pyridine rings is 1. The van der Waals surface area contributed by atoms with Gasteiger partial charge in [-0.2, -0.15) is 0 Å². The summed E-state index contributed by atoms with van der Waals surface area (Å²) in [5.74, 6) is -0.0384. The smallest absolute Gasteiger partial charge is 0.258 e. The van der Waals surface area contributed by atoms with Gasteiger partial charge in [-0.3, -0.25) is 14.5 Å². The van der Waals surface area contributed by atoms with Crippen molar-refractivity contribution in [2.75, 3.05) is 19.6 Å². The minimum absolute atomic E-state index is 0.0334. The Balaban J connectivity index is 1.44. The van der Waals surface area contributed by atoms with Crippen LogP contribution in [0, 0.1) is 18.7 Å². The minimum Gasteiger partial charge on any atom is -0.349 e. The molecule has 3 aliphatic rings. The van der Waals surface area contributed by atoms with Gasteiger partial charge in [0.15, 0.2) is 0 Å². The molecular weight excluding hydrogens is 467 g/mol. The van der Waals surface area contributed by atoms with Gasteiger partial charge >= 0.3 is 0 Å². The molecule has 1 aromatic heterocycles. The molecule has 0 spiro atoms. The van der Waals surface area contributed by atoms with E-state index in [1.807, 2.05) is 22.8 Å². The predicted molar refractivity (Wildman–Crippen MR) is 144 cm³/mol. The molecule has 2 saturated carbocycles. The Kier molecular flexibility index (Phi) is 6.37. The molecule has 2 heterocycles. The quantitative estimate of drug-likeness (QED) is 0.508. The minimum atomic E-state index is -0.395. The normalized spacial score (nSPS) is 20.4. The van der Waals surface area contributed by atoms with E-state index in [2.05, 4.69) is 28.7 Å². The maximum atomic E-state index is 15.0. The molecule has 0 radical (unpaired) electrons. The van der Waals surface area contributed by atoms with Gasteiger partial charge in [-0.15, -0.1) is 0 Å². The van der Waals surface area contributed by atoms with Crippen LogP contribution in [-0.2, 0) is 13.1 Å². The van der Waals surface area contributed by atoms with Crippen molar-refractivity contribution >= 4 is 16.7 Å². The maximum Gasteiger partial charge on any atom is 0.258 e. The first kappa shape index (κ1) is 24.3. The average Bonchev–Trinajstić information content (AvgIpc) is 3.82. The zero-order chi connectivity index (χ0) is 25.7. The van der Waals surface area contributed by atoms with E-state index in [4.69, 9.17) is 0 Å². The summed E-state index contributed by atoms with van der Waals surface area (Å²) in [6.45, 7) is 8.34. The number of aromatic nitrogens is 1. The largest absolute Gasteiger partial charge is 0.349 e. The van der Waals surface area contributed by atoms with E-state index >= 15 is 0 Å². The second kappa shape index (κ2) is 9.69. The van der Waals surface area contributed by atoms with Crippen molar-refractivity contribution in [3.63, 3.8) is 0 Å². The third kappa shape index (κ3) is 5.07. The Hall–Kier alpha value is -3.03. The van der Waals surface area contributed by atoms with E-state index in [-0.39, 0.29) is 17.5 Å². The first-order valence-electron chi connectivity index (χ1n) is 13.6. The average molecular weight is 503 g/mol. The highest BCUT2D eigenvalue weighted by molar-refractivity contribution is 5.97. The van der Waals surface area contributed by atoms with Crippen LogP contribution in [0.15, 0.2) is 41.3 Å². The van der Waals surface area contributed by atoms with Gasteiger partial charge in [-0.1, -0.05) is 6.07 Å². The molecule has 3 aromatic rings. The summed E-state index contributed by atoms with van der Waals surface area (Å²) >= 11 is 0. The first-order valence-corrected chi connectivity index (χ1v) is 13.6. The van der Waals surface area contributed by atoms with Gasteiger partial charge in [0.1, 0.15) is 5.82 Å². The van der Waals surface area contributed by atoms with Crippen LogP contribution in [0.3, 0.4) is 0 Å². The number of nitrogens with zero attached hydrogens (tertiary/aromatic N) is 2. The van der Waals surface area contributed by atoms with Crippen LogP contribution in [0.2, 0.25) is 0 Å². The van der Waals surface area contributed by atoms with Gasteiger partial charge in [0.2, 0.25) is 0 Å². The number of benzene rings is 2. The summed E-state index contributed by atoms with van der Waals surface area (Å²) in [7, 11) is 0. The van der Waals surface area contributed by atoms with Gasteiger partial charge in [-0.05, 0) is 97.4 Å². The van der Waals surface area contributed by atoms with Crippen molar-refractivity contribution in [1.82, 2.24) is 20.1 Å². The molecule has 6 nitrogen and oxygen atoms in total. The Morgan fingerprint density at radius 3 is 2.68 bits per heavy atom. The zero-order valence-corrected chi connectivity index (χ0v) is 21.6. The lowest BCUT2D eigenvalue weighted by Crippen LogP contribution is -2.49. The molecular formula is C30H35FN4O2. The molecule has 2 aromatic carbocycles. The second-order valence-electron chi connectivity index (χ2n) is 11.2. The summed E-state index contributed by atoms with van der Waals surface area (Å²) in [5, 5.41) is 8.02. The number of piperazine rings is 1. The van der Waals surface area contributed by atoms with E-state index < -0.39 is 5.82 Å². The molecule has 37 heavy (non-hydrogen) atoms. The van der Waals surface area contributed by atoms with E-state index in [1.165, 1.54) is 18.9 Å². The summed E-state index contributed by atoms with van der Waals surface area (Å²) < 4.78 is 16.9. The van der Waals surface area contributed by atoms with E-state index in [1.54, 1.807) is 13.0 Å². The Bertz CT molecular complexity index is 1420. The van der Waals surface area contributed by atoms with Crippen molar-refractivity contribution in [3.05, 3.63) is 69.4 Å². The number of hydrogen-bond acceptors (Lipinski definition) is 4. The molecule has 1 aliphatic heterocycles. The molecule has 0 bridgehead atoms. The molecule has 1 atom stereocenters. The van der Waals surface area contributed by atoms with Gasteiger partial charge in [0, 0.05) is 62.0 Å². The number of fused-ring (bicyclic) bond motifs is 1. The maximum absolute atomic E-state index is 15.0. The van der Waals surface area contributed by atoms with Gasteiger partial charge < -0.3 is 15.2 Å². The lowest BCUT2D eigenvalue weighted by Gasteiger charge is -2.34. The van der Waals surface area contributed by atoms with Gasteiger partial charge in [0.05, 0.1) is 0 Å². The molecule has 194 valence electrons. The van der Waals surface area contributed by atoms with E-state index in [9.17, 15) is 14.0 Å². The topological polar surface area (TPSA) is 66.4 Å².